The maximum atomic E-state index is 13.7. The van der Waals surface area contributed by atoms with Crippen molar-refractivity contribution in [1.82, 2.24) is 5.43 Å². The van der Waals surface area contributed by atoms with Crippen molar-refractivity contribution in [2.75, 3.05) is 0 Å². The van der Waals surface area contributed by atoms with Gasteiger partial charge in [0.2, 0.25) is 0 Å². The molecule has 2 aromatic rings. The quantitative estimate of drug-likeness (QED) is 0.467. The molecule has 0 aliphatic rings. The smallest absolute Gasteiger partial charge is 0.127 e. The first-order valence-electron chi connectivity index (χ1n) is 5.24. The predicted molar refractivity (Wildman–Crippen MR) is 82.2 cm³/mol. The average Bonchev–Trinajstić information content (AvgIpc) is 2.75. The Hall–Kier alpha value is -0.210. The van der Waals surface area contributed by atoms with E-state index in [0.717, 1.165) is 5.56 Å². The van der Waals surface area contributed by atoms with Gasteiger partial charge < -0.3 is 0 Å². The molecule has 0 aliphatic carbocycles. The number of nitrogens with one attached hydrogen (secondary N) is 1. The van der Waals surface area contributed by atoms with Crippen LogP contribution in [0.25, 0.3) is 0 Å². The highest BCUT2D eigenvalue weighted by Gasteiger charge is 2.14. The van der Waals surface area contributed by atoms with Crippen LogP contribution in [0.5, 0.6) is 0 Å². The van der Waals surface area contributed by atoms with Gasteiger partial charge in [-0.25, -0.2) is 4.39 Å². The van der Waals surface area contributed by atoms with E-state index in [2.05, 4.69) is 28.0 Å². The van der Waals surface area contributed by atoms with Crippen molar-refractivity contribution >= 4 is 45.5 Å². The second-order valence-electron chi connectivity index (χ2n) is 3.84. The molecule has 0 saturated heterocycles. The molecule has 6 heteroatoms. The fourth-order valence-electron chi connectivity index (χ4n) is 1.69. The molecule has 96 valence electrons. The van der Waals surface area contributed by atoms with Gasteiger partial charge in [0.05, 0.1) is 8.93 Å². The maximum Gasteiger partial charge on any atom is 0.127 e. The standard InChI is InChI=1S/C12H11ClFIN2S/c13-9-2-1-7(10(14)5-9)3-11(17-16)8-4-12(15)18-6-8/h1-2,4-6,11,17H,3,16H2. The van der Waals surface area contributed by atoms with Crippen molar-refractivity contribution in [2.45, 2.75) is 12.5 Å². The SMILES string of the molecule is NNC(Cc1ccc(Cl)cc1F)c1csc(I)c1. The van der Waals surface area contributed by atoms with Crippen LogP contribution in [0.1, 0.15) is 17.2 Å². The first-order valence-corrected chi connectivity index (χ1v) is 7.58. The van der Waals surface area contributed by atoms with Gasteiger partial charge in [0.1, 0.15) is 5.82 Å². The van der Waals surface area contributed by atoms with Gasteiger partial charge in [-0.1, -0.05) is 17.7 Å². The second kappa shape index (κ2) is 6.29. The lowest BCUT2D eigenvalue weighted by Gasteiger charge is -2.15. The van der Waals surface area contributed by atoms with E-state index in [9.17, 15) is 4.39 Å². The first kappa shape index (κ1) is 14.2. The molecule has 0 spiro atoms. The molecule has 1 aromatic carbocycles. The Morgan fingerprint density at radius 1 is 1.44 bits per heavy atom. The summed E-state index contributed by atoms with van der Waals surface area (Å²) in [6.45, 7) is 0. The van der Waals surface area contributed by atoms with Gasteiger partial charge in [0.15, 0.2) is 0 Å². The topological polar surface area (TPSA) is 38.0 Å². The molecule has 2 rings (SSSR count). The number of nitrogens with two attached hydrogens (primary N) is 1. The average molecular weight is 397 g/mol. The van der Waals surface area contributed by atoms with Crippen LogP contribution < -0.4 is 11.3 Å². The van der Waals surface area contributed by atoms with Crippen LogP contribution in [0.2, 0.25) is 5.02 Å². The summed E-state index contributed by atoms with van der Waals surface area (Å²) in [6.07, 6.45) is 0.492. The van der Waals surface area contributed by atoms with Crippen molar-refractivity contribution in [3.8, 4) is 0 Å². The minimum Gasteiger partial charge on any atom is -0.271 e. The molecule has 0 saturated carbocycles. The van der Waals surface area contributed by atoms with Crippen molar-refractivity contribution < 1.29 is 4.39 Å². The van der Waals surface area contributed by atoms with Gasteiger partial charge in [0, 0.05) is 5.02 Å². The monoisotopic (exact) mass is 396 g/mol. The molecule has 2 nitrogen and oxygen atoms in total. The molecule has 1 aromatic heterocycles. The zero-order chi connectivity index (χ0) is 13.1. The number of rotatable bonds is 4. The Bertz CT molecular complexity index is 547. The molecule has 18 heavy (non-hydrogen) atoms. The maximum absolute atomic E-state index is 13.7. The molecule has 0 amide bonds. The summed E-state index contributed by atoms with van der Waals surface area (Å²) in [6, 6.07) is 6.65. The Morgan fingerprint density at radius 3 is 2.78 bits per heavy atom. The number of hydrogen-bond acceptors (Lipinski definition) is 3. The van der Waals surface area contributed by atoms with Crippen LogP contribution in [0.4, 0.5) is 4.39 Å². The van der Waals surface area contributed by atoms with Crippen LogP contribution in [0.15, 0.2) is 29.6 Å². The molecule has 1 unspecified atom stereocenters. The number of benzene rings is 1. The number of hydrogen-bond donors (Lipinski definition) is 2. The van der Waals surface area contributed by atoms with Gasteiger partial charge >= 0.3 is 0 Å². The van der Waals surface area contributed by atoms with Crippen molar-refractivity contribution in [1.29, 1.82) is 0 Å². The predicted octanol–water partition coefficient (Wildman–Crippen LogP) is 3.89. The third-order valence-electron chi connectivity index (χ3n) is 2.63. The highest BCUT2D eigenvalue weighted by atomic mass is 127. The van der Waals surface area contributed by atoms with Crippen molar-refractivity contribution in [2.24, 2.45) is 5.84 Å². The summed E-state index contributed by atoms with van der Waals surface area (Å²) in [5.41, 5.74) is 4.40. The van der Waals surface area contributed by atoms with Crippen LogP contribution >= 0.6 is 45.5 Å². The lowest BCUT2D eigenvalue weighted by Crippen LogP contribution is -2.29. The fraction of sp³-hybridized carbons (Fsp3) is 0.167. The third kappa shape index (κ3) is 3.42. The first-order chi connectivity index (χ1) is 8.60. The van der Waals surface area contributed by atoms with E-state index in [0.29, 0.717) is 17.0 Å². The summed E-state index contributed by atoms with van der Waals surface area (Å²) < 4.78 is 14.9. The largest absolute Gasteiger partial charge is 0.271 e. The Kier molecular flexibility index (Phi) is 4.97. The fourth-order valence-corrected chi connectivity index (χ4v) is 3.27. The normalized spacial score (nSPS) is 12.7. The molecule has 0 bridgehead atoms. The molecule has 0 fully saturated rings. The molecule has 1 heterocycles. The van der Waals surface area contributed by atoms with Gasteiger partial charge in [-0.15, -0.1) is 11.3 Å². The second-order valence-corrected chi connectivity index (χ2v) is 7.09. The summed E-state index contributed by atoms with van der Waals surface area (Å²) >= 11 is 9.62. The zero-order valence-electron chi connectivity index (χ0n) is 9.29. The molecule has 0 radical (unpaired) electrons. The van der Waals surface area contributed by atoms with E-state index in [1.165, 1.54) is 8.95 Å². The van der Waals surface area contributed by atoms with Crippen LogP contribution in [-0.4, -0.2) is 0 Å². The van der Waals surface area contributed by atoms with E-state index in [1.807, 2.05) is 11.4 Å². The van der Waals surface area contributed by atoms with Crippen molar-refractivity contribution in [3.05, 3.63) is 54.5 Å². The summed E-state index contributed by atoms with van der Waals surface area (Å²) in [4.78, 5) is 0. The molecule has 1 atom stereocenters. The van der Waals surface area contributed by atoms with Crippen LogP contribution in [-0.2, 0) is 6.42 Å². The molecular weight excluding hydrogens is 386 g/mol. The zero-order valence-corrected chi connectivity index (χ0v) is 13.0. The summed E-state index contributed by atoms with van der Waals surface area (Å²) in [5, 5.41) is 2.43. The van der Waals surface area contributed by atoms with E-state index >= 15 is 0 Å². The lowest BCUT2D eigenvalue weighted by molar-refractivity contribution is 0.530. The van der Waals surface area contributed by atoms with E-state index in [1.54, 1.807) is 23.5 Å². The Balaban J connectivity index is 2.20. The molecule has 0 aliphatic heterocycles. The lowest BCUT2D eigenvalue weighted by atomic mass is 10.0. The molecule has 3 N–H and O–H groups in total. The minimum atomic E-state index is -0.298. The minimum absolute atomic E-state index is 0.0968. The summed E-state index contributed by atoms with van der Waals surface area (Å²) in [5.74, 6) is 5.25. The Morgan fingerprint density at radius 2 is 2.22 bits per heavy atom. The van der Waals surface area contributed by atoms with E-state index in [-0.39, 0.29) is 11.9 Å². The number of halogens is 3. The van der Waals surface area contributed by atoms with Gasteiger partial charge in [-0.05, 0) is 63.7 Å². The van der Waals surface area contributed by atoms with Crippen LogP contribution in [0.3, 0.4) is 0 Å². The number of hydrazine groups is 1. The highest BCUT2D eigenvalue weighted by Crippen LogP contribution is 2.26. The summed E-state index contributed by atoms with van der Waals surface area (Å²) in [7, 11) is 0. The Labute approximate surface area is 127 Å². The van der Waals surface area contributed by atoms with Gasteiger partial charge in [-0.2, -0.15) is 0 Å². The van der Waals surface area contributed by atoms with Gasteiger partial charge in [-0.3, -0.25) is 11.3 Å². The third-order valence-corrected chi connectivity index (χ3v) is 4.67. The van der Waals surface area contributed by atoms with Crippen molar-refractivity contribution in [3.63, 3.8) is 0 Å². The highest BCUT2D eigenvalue weighted by molar-refractivity contribution is 14.1. The van der Waals surface area contributed by atoms with E-state index < -0.39 is 0 Å². The van der Waals surface area contributed by atoms with Crippen LogP contribution in [0, 0.1) is 8.70 Å². The van der Waals surface area contributed by atoms with Gasteiger partial charge in [0.25, 0.3) is 0 Å². The molecular formula is C12H11ClFIN2S. The number of thiophene rings is 1. The van der Waals surface area contributed by atoms with E-state index in [4.69, 9.17) is 17.4 Å².